The molecule has 0 saturated carbocycles. The third-order valence-corrected chi connectivity index (χ3v) is 4.38. The van der Waals surface area contributed by atoms with Crippen LogP contribution in [0.5, 0.6) is 0 Å². The van der Waals surface area contributed by atoms with E-state index in [4.69, 9.17) is 11.6 Å². The monoisotopic (exact) mass is 300 g/mol. The largest absolute Gasteiger partial charge is 0.313 e. The minimum atomic E-state index is -0.608. The van der Waals surface area contributed by atoms with E-state index in [-0.39, 0.29) is 5.91 Å². The highest BCUT2D eigenvalue weighted by molar-refractivity contribution is 6.30. The summed E-state index contributed by atoms with van der Waals surface area (Å²) >= 11 is 5.93. The molecule has 2 aliphatic heterocycles. The first kappa shape index (κ1) is 12.7. The van der Waals surface area contributed by atoms with E-state index in [0.29, 0.717) is 23.6 Å². The van der Waals surface area contributed by atoms with E-state index in [1.54, 1.807) is 24.5 Å². The van der Waals surface area contributed by atoms with E-state index in [2.05, 4.69) is 15.3 Å². The van der Waals surface area contributed by atoms with Crippen LogP contribution < -0.4 is 5.32 Å². The number of hydrogen-bond acceptors (Lipinski definition) is 4. The van der Waals surface area contributed by atoms with Gasteiger partial charge in [0.2, 0.25) is 0 Å². The molecule has 0 bridgehead atoms. The summed E-state index contributed by atoms with van der Waals surface area (Å²) in [7, 11) is 0. The van der Waals surface area contributed by atoms with Crippen LogP contribution in [-0.4, -0.2) is 33.9 Å². The number of carbonyl (C=O) groups excluding carboxylic acids is 1. The molecule has 4 rings (SSSR count). The van der Waals surface area contributed by atoms with Crippen LogP contribution in [0.25, 0.3) is 0 Å². The third-order valence-electron chi connectivity index (χ3n) is 4.15. The molecule has 0 spiro atoms. The molecule has 2 aliphatic rings. The Hall–Kier alpha value is -1.98. The second-order valence-electron chi connectivity index (χ2n) is 5.28. The average Bonchev–Trinajstić information content (AvgIpc) is 2.93. The van der Waals surface area contributed by atoms with Gasteiger partial charge in [0.15, 0.2) is 0 Å². The normalized spacial score (nSPS) is 23.9. The summed E-state index contributed by atoms with van der Waals surface area (Å²) in [5, 5.41) is 4.02. The number of nitrogens with zero attached hydrogens (tertiary/aromatic N) is 3. The van der Waals surface area contributed by atoms with Crippen LogP contribution in [0.4, 0.5) is 0 Å². The smallest absolute Gasteiger partial charge is 0.257 e. The Kier molecular flexibility index (Phi) is 2.74. The Bertz CT molecular complexity index is 718. The molecule has 1 saturated heterocycles. The number of hydrogen-bond donors (Lipinski definition) is 1. The molecule has 0 aromatic carbocycles. The van der Waals surface area contributed by atoms with Crippen LogP contribution in [0.15, 0.2) is 36.7 Å². The number of aromatic nitrogens is 2. The summed E-state index contributed by atoms with van der Waals surface area (Å²) in [4.78, 5) is 23.4. The van der Waals surface area contributed by atoms with Crippen LogP contribution in [-0.2, 0) is 12.1 Å². The molecule has 0 radical (unpaired) electrons. The summed E-state index contributed by atoms with van der Waals surface area (Å²) in [6.07, 6.45) is 3.95. The molecular weight excluding hydrogens is 288 g/mol. The predicted octanol–water partition coefficient (Wildman–Crippen LogP) is 1.58. The fourth-order valence-corrected chi connectivity index (χ4v) is 3.31. The van der Waals surface area contributed by atoms with Crippen molar-refractivity contribution in [3.8, 4) is 0 Å². The number of pyridine rings is 2. The molecule has 1 fully saturated rings. The highest BCUT2D eigenvalue weighted by Crippen LogP contribution is 2.37. The Morgan fingerprint density at radius 1 is 1.29 bits per heavy atom. The fraction of sp³-hybridized carbons (Fsp3) is 0.267. The molecule has 1 N–H and O–H groups in total. The molecule has 106 valence electrons. The molecule has 4 heterocycles. The van der Waals surface area contributed by atoms with Gasteiger partial charge in [0.05, 0.1) is 22.0 Å². The molecule has 21 heavy (non-hydrogen) atoms. The summed E-state index contributed by atoms with van der Waals surface area (Å²) in [6.45, 7) is 1.40. The van der Waals surface area contributed by atoms with Gasteiger partial charge in [-0.3, -0.25) is 20.1 Å². The Balaban J connectivity index is 1.88. The van der Waals surface area contributed by atoms with Crippen LogP contribution in [0.2, 0.25) is 5.02 Å². The van der Waals surface area contributed by atoms with Gasteiger partial charge >= 0.3 is 0 Å². The van der Waals surface area contributed by atoms with Crippen molar-refractivity contribution in [1.29, 1.82) is 0 Å². The first-order valence-corrected chi connectivity index (χ1v) is 7.21. The fourth-order valence-electron chi connectivity index (χ4n) is 3.19. The van der Waals surface area contributed by atoms with Gasteiger partial charge < -0.3 is 4.90 Å². The van der Waals surface area contributed by atoms with Crippen molar-refractivity contribution in [2.45, 2.75) is 12.1 Å². The van der Waals surface area contributed by atoms with E-state index >= 15 is 0 Å². The van der Waals surface area contributed by atoms with Crippen LogP contribution in [0.1, 0.15) is 21.7 Å². The van der Waals surface area contributed by atoms with Crippen molar-refractivity contribution in [2.75, 3.05) is 13.1 Å². The first-order valence-electron chi connectivity index (χ1n) is 6.84. The number of carbonyl (C=O) groups is 1. The van der Waals surface area contributed by atoms with Crippen LogP contribution in [0, 0.1) is 0 Å². The maximum atomic E-state index is 12.7. The second kappa shape index (κ2) is 4.51. The van der Waals surface area contributed by atoms with Gasteiger partial charge in [-0.25, -0.2) is 0 Å². The second-order valence-corrected chi connectivity index (χ2v) is 5.72. The Labute approximate surface area is 127 Å². The van der Waals surface area contributed by atoms with E-state index in [1.807, 2.05) is 17.0 Å². The first-order chi connectivity index (χ1) is 10.2. The number of nitrogens with one attached hydrogen (secondary N) is 1. The minimum absolute atomic E-state index is 0.00565. The van der Waals surface area contributed by atoms with E-state index in [1.165, 1.54) is 0 Å². The van der Waals surface area contributed by atoms with Crippen molar-refractivity contribution in [2.24, 2.45) is 0 Å². The number of fused-ring (bicyclic) bond motifs is 2. The molecule has 0 aliphatic carbocycles. The topological polar surface area (TPSA) is 58.1 Å². The van der Waals surface area contributed by atoms with Gasteiger partial charge in [0.25, 0.3) is 5.91 Å². The zero-order valence-electron chi connectivity index (χ0n) is 11.2. The number of rotatable bonds is 1. The maximum Gasteiger partial charge on any atom is 0.257 e. The quantitative estimate of drug-likeness (QED) is 0.869. The Morgan fingerprint density at radius 3 is 3.00 bits per heavy atom. The van der Waals surface area contributed by atoms with Gasteiger partial charge in [-0.1, -0.05) is 11.6 Å². The molecule has 6 heteroatoms. The molecule has 2 aromatic rings. The lowest BCUT2D eigenvalue weighted by Crippen LogP contribution is -2.56. The molecule has 1 atom stereocenters. The Morgan fingerprint density at radius 2 is 2.19 bits per heavy atom. The highest BCUT2D eigenvalue weighted by atomic mass is 35.5. The lowest BCUT2D eigenvalue weighted by atomic mass is 9.90. The summed E-state index contributed by atoms with van der Waals surface area (Å²) < 4.78 is 0. The summed E-state index contributed by atoms with van der Waals surface area (Å²) in [6, 6.07) is 7.31. The minimum Gasteiger partial charge on any atom is -0.313 e. The lowest BCUT2D eigenvalue weighted by Gasteiger charge is -2.41. The van der Waals surface area contributed by atoms with Crippen molar-refractivity contribution < 1.29 is 4.79 Å². The van der Waals surface area contributed by atoms with Gasteiger partial charge in [-0.2, -0.15) is 0 Å². The zero-order chi connectivity index (χ0) is 14.4. The van der Waals surface area contributed by atoms with Crippen molar-refractivity contribution in [3.63, 3.8) is 0 Å². The zero-order valence-corrected chi connectivity index (χ0v) is 12.0. The maximum absolute atomic E-state index is 12.7. The summed E-state index contributed by atoms with van der Waals surface area (Å²) in [5.41, 5.74) is 1.69. The van der Waals surface area contributed by atoms with Gasteiger partial charge in [-0.15, -0.1) is 0 Å². The van der Waals surface area contributed by atoms with Gasteiger partial charge in [0.1, 0.15) is 5.66 Å². The number of halogens is 1. The third kappa shape index (κ3) is 1.78. The SMILES string of the molecule is O=C1c2cccnc2CC2(c3ccc(Cl)cn3)NCCN12. The van der Waals surface area contributed by atoms with E-state index in [0.717, 1.165) is 17.9 Å². The van der Waals surface area contributed by atoms with Crippen LogP contribution in [0.3, 0.4) is 0 Å². The van der Waals surface area contributed by atoms with E-state index < -0.39 is 5.66 Å². The van der Waals surface area contributed by atoms with Crippen LogP contribution >= 0.6 is 11.6 Å². The molecular formula is C15H13ClN4O. The van der Waals surface area contributed by atoms with Crippen molar-refractivity contribution in [3.05, 3.63) is 58.6 Å². The number of amides is 1. The molecule has 1 amide bonds. The van der Waals surface area contributed by atoms with E-state index in [9.17, 15) is 4.79 Å². The molecule has 2 aromatic heterocycles. The van der Waals surface area contributed by atoms with Crippen molar-refractivity contribution >= 4 is 17.5 Å². The standard InChI is InChI=1S/C15H13ClN4O/c16-10-3-4-13(18-9-10)15-8-12-11(2-1-5-17-12)14(21)20(15)7-6-19-15/h1-5,9,19H,6-8H2. The molecule has 1 unspecified atom stereocenters. The highest BCUT2D eigenvalue weighted by Gasteiger charge is 2.50. The van der Waals surface area contributed by atoms with Crippen molar-refractivity contribution in [1.82, 2.24) is 20.2 Å². The lowest BCUT2D eigenvalue weighted by molar-refractivity contribution is 0.0486. The average molecular weight is 301 g/mol. The predicted molar refractivity (Wildman–Crippen MR) is 77.9 cm³/mol. The van der Waals surface area contributed by atoms with Gasteiger partial charge in [0, 0.05) is 31.9 Å². The summed E-state index contributed by atoms with van der Waals surface area (Å²) in [5.74, 6) is 0.00565. The molecule has 5 nitrogen and oxygen atoms in total. The van der Waals surface area contributed by atoms with Gasteiger partial charge in [-0.05, 0) is 24.3 Å².